The van der Waals surface area contributed by atoms with Crippen molar-refractivity contribution in [2.24, 2.45) is 0 Å². The van der Waals surface area contributed by atoms with E-state index in [1.165, 1.54) is 24.1 Å². The molecule has 0 spiro atoms. The van der Waals surface area contributed by atoms with Gasteiger partial charge in [0.1, 0.15) is 31.5 Å². The molecule has 0 aromatic heterocycles. The van der Waals surface area contributed by atoms with Crippen LogP contribution in [0.2, 0.25) is 0 Å². The van der Waals surface area contributed by atoms with Gasteiger partial charge in [-0.15, -0.1) is 0 Å². The summed E-state index contributed by atoms with van der Waals surface area (Å²) in [5.41, 5.74) is 0.961. The summed E-state index contributed by atoms with van der Waals surface area (Å²) in [6, 6.07) is 19.0. The maximum Gasteiger partial charge on any atom is 0.264 e. The van der Waals surface area contributed by atoms with Crippen LogP contribution in [0, 0.1) is 0 Å². The molecule has 0 saturated heterocycles. The lowest BCUT2D eigenvalue weighted by molar-refractivity contribution is -0.140. The molecule has 0 aliphatic carbocycles. The maximum atomic E-state index is 14.0. The summed E-state index contributed by atoms with van der Waals surface area (Å²) in [6.07, 6.45) is 0.324. The SMILES string of the molecule is CC[C@@H](C(=O)NC)N(Cc1cccc(OC)c1)C(=O)CN(c1ccc2c(c1)OCCO2)S(=O)(=O)c1ccccc1. The molecule has 0 bridgehead atoms. The number of ether oxygens (including phenoxy) is 3. The Balaban J connectivity index is 1.76. The lowest BCUT2D eigenvalue weighted by atomic mass is 10.1. The number of nitrogens with zero attached hydrogens (tertiary/aromatic N) is 2. The highest BCUT2D eigenvalue weighted by Crippen LogP contribution is 2.36. The second-order valence-electron chi connectivity index (χ2n) is 9.06. The smallest absolute Gasteiger partial charge is 0.264 e. The molecule has 1 aliphatic rings. The van der Waals surface area contributed by atoms with Crippen molar-refractivity contribution in [2.75, 3.05) is 38.2 Å². The number of nitrogens with one attached hydrogen (secondary N) is 1. The monoisotopic (exact) mass is 567 g/mol. The highest BCUT2D eigenvalue weighted by atomic mass is 32.2. The maximum absolute atomic E-state index is 14.0. The van der Waals surface area contributed by atoms with E-state index in [1.807, 2.05) is 6.07 Å². The molecule has 10 nitrogen and oxygen atoms in total. The molecule has 11 heteroatoms. The summed E-state index contributed by atoms with van der Waals surface area (Å²) in [5, 5.41) is 2.62. The third kappa shape index (κ3) is 6.31. The highest BCUT2D eigenvalue weighted by molar-refractivity contribution is 7.92. The third-order valence-corrected chi connectivity index (χ3v) is 8.33. The van der Waals surface area contributed by atoms with E-state index < -0.39 is 28.5 Å². The zero-order chi connectivity index (χ0) is 28.7. The topological polar surface area (TPSA) is 114 Å². The van der Waals surface area contributed by atoms with Gasteiger partial charge in [-0.3, -0.25) is 13.9 Å². The van der Waals surface area contributed by atoms with Crippen molar-refractivity contribution < 1.29 is 32.2 Å². The predicted molar refractivity (Wildman–Crippen MR) is 150 cm³/mol. The number of rotatable bonds is 11. The van der Waals surface area contributed by atoms with Crippen LogP contribution in [-0.2, 0) is 26.2 Å². The van der Waals surface area contributed by atoms with E-state index in [9.17, 15) is 18.0 Å². The Hall–Kier alpha value is -4.25. The number of fused-ring (bicyclic) bond motifs is 1. The standard InChI is InChI=1S/C29H33N3O7S/c1-4-25(29(34)30-2)31(19-21-9-8-10-23(17-21)37-3)28(33)20-32(40(35,36)24-11-6-5-7-12-24)22-13-14-26-27(18-22)39-16-15-38-26/h5-14,17-18,25H,4,15-16,19-20H2,1-3H3,(H,30,34)/t25-/m0/s1. The molecule has 2 amide bonds. The first-order chi connectivity index (χ1) is 19.3. The number of carbonyl (C=O) groups is 2. The quantitative estimate of drug-likeness (QED) is 0.378. The average molecular weight is 568 g/mol. The fourth-order valence-corrected chi connectivity index (χ4v) is 5.92. The first-order valence-electron chi connectivity index (χ1n) is 12.9. The van der Waals surface area contributed by atoms with E-state index in [-0.39, 0.29) is 23.0 Å². The van der Waals surface area contributed by atoms with Crippen molar-refractivity contribution in [1.29, 1.82) is 0 Å². The summed E-state index contributed by atoms with van der Waals surface area (Å²) in [7, 11) is -1.14. The van der Waals surface area contributed by atoms with Gasteiger partial charge in [-0.25, -0.2) is 8.42 Å². The van der Waals surface area contributed by atoms with Crippen molar-refractivity contribution in [3.8, 4) is 17.2 Å². The van der Waals surface area contributed by atoms with Crippen LogP contribution in [0.4, 0.5) is 5.69 Å². The molecule has 1 heterocycles. The molecule has 0 fully saturated rings. The van der Waals surface area contributed by atoms with Crippen molar-refractivity contribution in [3.63, 3.8) is 0 Å². The Morgan fingerprint density at radius 1 is 0.975 bits per heavy atom. The Morgan fingerprint density at radius 3 is 2.38 bits per heavy atom. The van der Waals surface area contributed by atoms with Crippen LogP contribution in [0.15, 0.2) is 77.7 Å². The number of likely N-dealkylation sites (N-methyl/N-ethyl adjacent to an activating group) is 1. The minimum Gasteiger partial charge on any atom is -0.497 e. The molecule has 0 unspecified atom stereocenters. The third-order valence-electron chi connectivity index (χ3n) is 6.54. The molecule has 3 aromatic carbocycles. The Kier molecular flexibility index (Phi) is 9.15. The number of benzene rings is 3. The van der Waals surface area contributed by atoms with E-state index in [1.54, 1.807) is 68.6 Å². The predicted octanol–water partition coefficient (Wildman–Crippen LogP) is 3.22. The van der Waals surface area contributed by atoms with Crippen LogP contribution < -0.4 is 23.8 Å². The molecule has 4 rings (SSSR count). The summed E-state index contributed by atoms with van der Waals surface area (Å²) in [5.74, 6) is 0.573. The number of hydrogen-bond donors (Lipinski definition) is 1. The van der Waals surface area contributed by atoms with E-state index in [2.05, 4.69) is 5.32 Å². The van der Waals surface area contributed by atoms with E-state index in [4.69, 9.17) is 14.2 Å². The van der Waals surface area contributed by atoms with E-state index in [0.29, 0.717) is 36.9 Å². The van der Waals surface area contributed by atoms with Crippen molar-refractivity contribution in [2.45, 2.75) is 30.8 Å². The molecular weight excluding hydrogens is 534 g/mol. The van der Waals surface area contributed by atoms with Crippen molar-refractivity contribution in [1.82, 2.24) is 10.2 Å². The fourth-order valence-electron chi connectivity index (χ4n) is 4.49. The zero-order valence-electron chi connectivity index (χ0n) is 22.7. The van der Waals surface area contributed by atoms with Gasteiger partial charge in [0.15, 0.2) is 11.5 Å². The number of anilines is 1. The lowest BCUT2D eigenvalue weighted by Gasteiger charge is -2.33. The van der Waals surface area contributed by atoms with Gasteiger partial charge in [-0.1, -0.05) is 37.3 Å². The largest absolute Gasteiger partial charge is 0.497 e. The van der Waals surface area contributed by atoms with Crippen LogP contribution in [0.5, 0.6) is 17.2 Å². The van der Waals surface area contributed by atoms with Gasteiger partial charge >= 0.3 is 0 Å². The van der Waals surface area contributed by atoms with Gasteiger partial charge in [-0.2, -0.15) is 0 Å². The first-order valence-corrected chi connectivity index (χ1v) is 14.3. The van der Waals surface area contributed by atoms with Crippen LogP contribution in [-0.4, -0.2) is 65.1 Å². The summed E-state index contributed by atoms with van der Waals surface area (Å²) in [4.78, 5) is 28.3. The van der Waals surface area contributed by atoms with Gasteiger partial charge in [0.25, 0.3) is 10.0 Å². The molecule has 0 saturated carbocycles. The number of sulfonamides is 1. The Labute approximate surface area is 234 Å². The number of methoxy groups -OCH3 is 1. The molecule has 1 aliphatic heterocycles. The van der Waals surface area contributed by atoms with Gasteiger partial charge in [0.2, 0.25) is 11.8 Å². The van der Waals surface area contributed by atoms with Crippen LogP contribution in [0.25, 0.3) is 0 Å². The molecule has 3 aromatic rings. The number of hydrogen-bond acceptors (Lipinski definition) is 7. The van der Waals surface area contributed by atoms with Gasteiger partial charge in [0, 0.05) is 19.7 Å². The van der Waals surface area contributed by atoms with E-state index in [0.717, 1.165) is 9.87 Å². The Morgan fingerprint density at radius 2 is 1.70 bits per heavy atom. The van der Waals surface area contributed by atoms with Crippen molar-refractivity contribution >= 4 is 27.5 Å². The lowest BCUT2D eigenvalue weighted by Crippen LogP contribution is -2.51. The zero-order valence-corrected chi connectivity index (χ0v) is 23.5. The highest BCUT2D eigenvalue weighted by Gasteiger charge is 2.34. The minimum atomic E-state index is -4.18. The molecule has 1 N–H and O–H groups in total. The minimum absolute atomic E-state index is 0.0235. The van der Waals surface area contributed by atoms with Crippen LogP contribution in [0.3, 0.4) is 0 Å². The molecule has 40 heavy (non-hydrogen) atoms. The van der Waals surface area contributed by atoms with Crippen LogP contribution in [0.1, 0.15) is 18.9 Å². The molecule has 212 valence electrons. The molecular formula is C29H33N3O7S. The molecule has 0 radical (unpaired) electrons. The van der Waals surface area contributed by atoms with Crippen LogP contribution >= 0.6 is 0 Å². The van der Waals surface area contributed by atoms with Gasteiger partial charge in [0.05, 0.1) is 17.7 Å². The second kappa shape index (κ2) is 12.7. The number of amides is 2. The fraction of sp³-hybridized carbons (Fsp3) is 0.310. The number of carbonyl (C=O) groups excluding carboxylic acids is 2. The second-order valence-corrected chi connectivity index (χ2v) is 10.9. The van der Waals surface area contributed by atoms with Gasteiger partial charge in [-0.05, 0) is 48.4 Å². The average Bonchev–Trinajstić information content (AvgIpc) is 2.99. The summed E-state index contributed by atoms with van der Waals surface area (Å²) >= 11 is 0. The van der Waals surface area contributed by atoms with Crippen molar-refractivity contribution in [3.05, 3.63) is 78.4 Å². The summed E-state index contributed by atoms with van der Waals surface area (Å²) < 4.78 is 45.5. The first kappa shape index (κ1) is 28.8. The summed E-state index contributed by atoms with van der Waals surface area (Å²) in [6.45, 7) is 2.02. The Bertz CT molecular complexity index is 1450. The van der Waals surface area contributed by atoms with Gasteiger partial charge < -0.3 is 24.4 Å². The van der Waals surface area contributed by atoms with E-state index >= 15 is 0 Å². The normalized spacial score (nSPS) is 13.2. The molecule has 1 atom stereocenters.